The molecule has 0 bridgehead atoms. The third-order valence-electron chi connectivity index (χ3n) is 5.73. The van der Waals surface area contributed by atoms with Crippen LogP contribution in [-0.2, 0) is 13.1 Å². The molecule has 0 spiro atoms. The summed E-state index contributed by atoms with van der Waals surface area (Å²) in [6.07, 6.45) is 0. The molecule has 1 amide bonds. The van der Waals surface area contributed by atoms with Gasteiger partial charge < -0.3 is 13.9 Å². The monoisotopic (exact) mass is 438 g/mol. The van der Waals surface area contributed by atoms with E-state index in [2.05, 4.69) is 0 Å². The first kappa shape index (κ1) is 20.8. The summed E-state index contributed by atoms with van der Waals surface area (Å²) >= 11 is 0. The maximum Gasteiger partial charge on any atom is 0.270 e. The van der Waals surface area contributed by atoms with Crippen LogP contribution in [0.3, 0.4) is 0 Å². The number of carbonyl (C=O) groups excluding carboxylic acids is 1. The van der Waals surface area contributed by atoms with E-state index in [1.807, 2.05) is 71.3 Å². The van der Waals surface area contributed by atoms with Crippen LogP contribution in [0.15, 0.2) is 101 Å². The summed E-state index contributed by atoms with van der Waals surface area (Å²) in [6.45, 7) is 1.05. The maximum absolute atomic E-state index is 13.4. The SMILES string of the molecule is CN(Cc1ccccc1)C(=O)c1cc2oc(-c3ccc(F)cc3)cc2n1Cc1ccccc1. The van der Waals surface area contributed by atoms with Gasteiger partial charge in [-0.15, -0.1) is 0 Å². The van der Waals surface area contributed by atoms with E-state index in [1.54, 1.807) is 30.1 Å². The molecule has 33 heavy (non-hydrogen) atoms. The van der Waals surface area contributed by atoms with Crippen LogP contribution in [0.25, 0.3) is 22.4 Å². The molecule has 2 aromatic heterocycles. The van der Waals surface area contributed by atoms with Crippen molar-refractivity contribution in [3.63, 3.8) is 0 Å². The first-order valence-electron chi connectivity index (χ1n) is 10.8. The lowest BCUT2D eigenvalue weighted by atomic mass is 10.2. The number of rotatable bonds is 6. The first-order valence-corrected chi connectivity index (χ1v) is 10.8. The molecule has 0 N–H and O–H groups in total. The molecule has 0 aliphatic rings. The molecule has 0 unspecified atom stereocenters. The van der Waals surface area contributed by atoms with Gasteiger partial charge in [0.25, 0.3) is 5.91 Å². The fraction of sp³-hybridized carbons (Fsp3) is 0.107. The van der Waals surface area contributed by atoms with Gasteiger partial charge in [0.15, 0.2) is 5.58 Å². The van der Waals surface area contributed by atoms with Crippen LogP contribution in [0.4, 0.5) is 4.39 Å². The van der Waals surface area contributed by atoms with Gasteiger partial charge in [0.2, 0.25) is 0 Å². The van der Waals surface area contributed by atoms with E-state index in [1.165, 1.54) is 12.1 Å². The number of furan rings is 1. The van der Waals surface area contributed by atoms with Crippen LogP contribution < -0.4 is 0 Å². The fourth-order valence-corrected chi connectivity index (χ4v) is 4.04. The van der Waals surface area contributed by atoms with Crippen molar-refractivity contribution >= 4 is 17.0 Å². The Balaban J connectivity index is 1.54. The predicted octanol–water partition coefficient (Wildman–Crippen LogP) is 6.36. The lowest BCUT2D eigenvalue weighted by Gasteiger charge is -2.19. The molecule has 2 heterocycles. The van der Waals surface area contributed by atoms with Crippen molar-refractivity contribution in [2.75, 3.05) is 7.05 Å². The van der Waals surface area contributed by atoms with Gasteiger partial charge in [0.05, 0.1) is 5.52 Å². The van der Waals surface area contributed by atoms with Crippen molar-refractivity contribution in [2.45, 2.75) is 13.1 Å². The van der Waals surface area contributed by atoms with E-state index >= 15 is 0 Å². The highest BCUT2D eigenvalue weighted by molar-refractivity contribution is 5.98. The maximum atomic E-state index is 13.4. The van der Waals surface area contributed by atoms with Crippen molar-refractivity contribution in [2.24, 2.45) is 0 Å². The molecule has 0 fully saturated rings. The molecular formula is C28H23FN2O2. The van der Waals surface area contributed by atoms with Crippen LogP contribution in [0.5, 0.6) is 0 Å². The molecule has 0 saturated heterocycles. The van der Waals surface area contributed by atoms with Crippen LogP contribution >= 0.6 is 0 Å². The molecule has 0 saturated carbocycles. The van der Waals surface area contributed by atoms with Crippen molar-refractivity contribution in [1.82, 2.24) is 9.47 Å². The minimum absolute atomic E-state index is 0.0792. The van der Waals surface area contributed by atoms with Gasteiger partial charge in [-0.2, -0.15) is 0 Å². The lowest BCUT2D eigenvalue weighted by molar-refractivity contribution is 0.0775. The molecule has 3 aromatic carbocycles. The van der Waals surface area contributed by atoms with Crippen molar-refractivity contribution < 1.29 is 13.6 Å². The number of hydrogen-bond acceptors (Lipinski definition) is 2. The Kier molecular flexibility index (Phi) is 5.53. The largest absolute Gasteiger partial charge is 0.454 e. The molecule has 0 aliphatic carbocycles. The molecule has 5 heteroatoms. The first-order chi connectivity index (χ1) is 16.1. The number of amides is 1. The second-order valence-corrected chi connectivity index (χ2v) is 8.12. The van der Waals surface area contributed by atoms with Gasteiger partial charge in [0.1, 0.15) is 17.3 Å². The summed E-state index contributed by atoms with van der Waals surface area (Å²) in [5.74, 6) is 0.265. The zero-order valence-electron chi connectivity index (χ0n) is 18.2. The Bertz CT molecular complexity index is 1390. The number of nitrogens with zero attached hydrogens (tertiary/aromatic N) is 2. The Morgan fingerprint density at radius 3 is 2.18 bits per heavy atom. The van der Waals surface area contributed by atoms with E-state index in [0.29, 0.717) is 30.1 Å². The highest BCUT2D eigenvalue weighted by atomic mass is 19.1. The fourth-order valence-electron chi connectivity index (χ4n) is 4.04. The summed E-state index contributed by atoms with van der Waals surface area (Å²) < 4.78 is 21.4. The van der Waals surface area contributed by atoms with Gasteiger partial charge in [-0.25, -0.2) is 4.39 Å². The standard InChI is InChI=1S/C28H23FN2O2/c1-30(18-20-8-4-2-5-9-20)28(32)25-17-27-24(31(25)19-21-10-6-3-7-11-21)16-26(33-27)22-12-14-23(29)15-13-22/h2-17H,18-19H2,1H3. The van der Waals surface area contributed by atoms with Crippen LogP contribution in [0.2, 0.25) is 0 Å². The third-order valence-corrected chi connectivity index (χ3v) is 5.73. The van der Waals surface area contributed by atoms with Crippen LogP contribution in [0.1, 0.15) is 21.6 Å². The van der Waals surface area contributed by atoms with Crippen molar-refractivity contribution in [3.8, 4) is 11.3 Å². The average molecular weight is 439 g/mol. The minimum atomic E-state index is -0.294. The second kappa shape index (κ2) is 8.79. The summed E-state index contributed by atoms with van der Waals surface area (Å²) in [4.78, 5) is 15.2. The molecule has 5 aromatic rings. The smallest absolute Gasteiger partial charge is 0.270 e. The summed E-state index contributed by atoms with van der Waals surface area (Å²) in [7, 11) is 1.81. The Morgan fingerprint density at radius 1 is 0.879 bits per heavy atom. The normalized spacial score (nSPS) is 11.1. The van der Waals surface area contributed by atoms with Crippen LogP contribution in [-0.4, -0.2) is 22.4 Å². The summed E-state index contributed by atoms with van der Waals surface area (Å²) in [6, 6.07) is 29.8. The number of fused-ring (bicyclic) bond motifs is 1. The molecular weight excluding hydrogens is 415 g/mol. The van der Waals surface area contributed by atoms with E-state index in [4.69, 9.17) is 4.42 Å². The van der Waals surface area contributed by atoms with Gasteiger partial charge >= 0.3 is 0 Å². The molecule has 0 aliphatic heterocycles. The zero-order chi connectivity index (χ0) is 22.8. The summed E-state index contributed by atoms with van der Waals surface area (Å²) in [5.41, 5.74) is 4.96. The van der Waals surface area contributed by atoms with Gasteiger partial charge in [-0.1, -0.05) is 60.7 Å². The quantitative estimate of drug-likeness (QED) is 0.309. The van der Waals surface area contributed by atoms with Crippen molar-refractivity contribution in [1.29, 1.82) is 0 Å². The number of hydrogen-bond donors (Lipinski definition) is 0. The Morgan fingerprint density at radius 2 is 1.52 bits per heavy atom. The average Bonchev–Trinajstić information content (AvgIpc) is 3.39. The minimum Gasteiger partial charge on any atom is -0.454 e. The summed E-state index contributed by atoms with van der Waals surface area (Å²) in [5, 5.41) is 0. The Hall–Kier alpha value is -4.12. The molecule has 164 valence electrons. The molecule has 0 radical (unpaired) electrons. The number of carbonyl (C=O) groups is 1. The van der Waals surface area contributed by atoms with E-state index in [0.717, 1.165) is 22.2 Å². The number of benzene rings is 3. The highest BCUT2D eigenvalue weighted by Crippen LogP contribution is 2.31. The number of aromatic nitrogens is 1. The highest BCUT2D eigenvalue weighted by Gasteiger charge is 2.22. The van der Waals surface area contributed by atoms with E-state index in [9.17, 15) is 9.18 Å². The number of halogens is 1. The molecule has 0 atom stereocenters. The van der Waals surface area contributed by atoms with Gasteiger partial charge in [0, 0.05) is 37.8 Å². The zero-order valence-corrected chi connectivity index (χ0v) is 18.2. The van der Waals surface area contributed by atoms with E-state index in [-0.39, 0.29) is 11.7 Å². The van der Waals surface area contributed by atoms with E-state index < -0.39 is 0 Å². The van der Waals surface area contributed by atoms with Crippen LogP contribution in [0, 0.1) is 5.82 Å². The molecule has 5 rings (SSSR count). The second-order valence-electron chi connectivity index (χ2n) is 8.12. The van der Waals surface area contributed by atoms with Gasteiger partial charge in [-0.05, 0) is 35.4 Å². The lowest BCUT2D eigenvalue weighted by Crippen LogP contribution is -2.28. The van der Waals surface area contributed by atoms with Crippen molar-refractivity contribution in [3.05, 3.63) is 120 Å². The Labute approximate surface area is 191 Å². The van der Waals surface area contributed by atoms with Gasteiger partial charge in [-0.3, -0.25) is 4.79 Å². The molecule has 4 nitrogen and oxygen atoms in total. The predicted molar refractivity (Wildman–Crippen MR) is 127 cm³/mol. The third kappa shape index (κ3) is 4.30. The topological polar surface area (TPSA) is 38.4 Å².